The standard InChI is InChI=1S/C17H24N2O2/c1-11-5-6-13(14(9-11)19(20)21)18-15-10-12-7-8-17(15,4)16(12,2)3/h5-6,9,12,15,18H,7-8,10H2,1-4H3. The van der Waals surface area contributed by atoms with Crippen LogP contribution in [0.4, 0.5) is 11.4 Å². The summed E-state index contributed by atoms with van der Waals surface area (Å²) in [5.41, 5.74) is 2.31. The molecule has 0 saturated heterocycles. The predicted molar refractivity (Wildman–Crippen MR) is 84.5 cm³/mol. The van der Waals surface area contributed by atoms with Gasteiger partial charge in [0, 0.05) is 12.1 Å². The van der Waals surface area contributed by atoms with Crippen LogP contribution in [0, 0.1) is 33.8 Å². The van der Waals surface area contributed by atoms with Crippen molar-refractivity contribution >= 4 is 11.4 Å². The van der Waals surface area contributed by atoms with Crippen molar-refractivity contribution in [2.75, 3.05) is 5.32 Å². The molecule has 0 amide bonds. The van der Waals surface area contributed by atoms with Gasteiger partial charge in [0.1, 0.15) is 5.69 Å². The van der Waals surface area contributed by atoms with Crippen molar-refractivity contribution in [3.63, 3.8) is 0 Å². The van der Waals surface area contributed by atoms with Crippen LogP contribution >= 0.6 is 0 Å². The Morgan fingerprint density at radius 1 is 1.33 bits per heavy atom. The number of anilines is 1. The minimum atomic E-state index is -0.282. The van der Waals surface area contributed by atoms with Gasteiger partial charge in [0.25, 0.3) is 5.69 Å². The highest BCUT2D eigenvalue weighted by Gasteiger charge is 2.61. The number of benzene rings is 1. The van der Waals surface area contributed by atoms with E-state index in [4.69, 9.17) is 0 Å². The summed E-state index contributed by atoms with van der Waals surface area (Å²) < 4.78 is 0. The summed E-state index contributed by atoms with van der Waals surface area (Å²) >= 11 is 0. The zero-order valence-corrected chi connectivity index (χ0v) is 13.3. The van der Waals surface area contributed by atoms with E-state index in [9.17, 15) is 10.1 Å². The molecule has 2 aliphatic carbocycles. The number of nitrogens with one attached hydrogen (secondary N) is 1. The summed E-state index contributed by atoms with van der Waals surface area (Å²) in [7, 11) is 0. The fraction of sp³-hybridized carbons (Fsp3) is 0.647. The second-order valence-corrected chi connectivity index (χ2v) is 7.59. The zero-order valence-electron chi connectivity index (χ0n) is 13.3. The minimum absolute atomic E-state index is 0.194. The molecule has 2 aliphatic rings. The number of hydrogen-bond acceptors (Lipinski definition) is 3. The Labute approximate surface area is 126 Å². The molecule has 1 aromatic carbocycles. The third kappa shape index (κ3) is 1.95. The van der Waals surface area contributed by atoms with E-state index < -0.39 is 0 Å². The van der Waals surface area contributed by atoms with Crippen LogP contribution in [0.1, 0.15) is 45.6 Å². The molecule has 114 valence electrons. The van der Waals surface area contributed by atoms with E-state index in [2.05, 4.69) is 26.1 Å². The highest BCUT2D eigenvalue weighted by Crippen LogP contribution is 2.66. The van der Waals surface area contributed by atoms with Gasteiger partial charge in [-0.15, -0.1) is 0 Å². The molecule has 3 unspecified atom stereocenters. The van der Waals surface area contributed by atoms with Crippen LogP contribution in [-0.2, 0) is 0 Å². The largest absolute Gasteiger partial charge is 0.376 e. The van der Waals surface area contributed by atoms with Crippen LogP contribution < -0.4 is 5.32 Å². The van der Waals surface area contributed by atoms with Gasteiger partial charge in [0.2, 0.25) is 0 Å². The van der Waals surface area contributed by atoms with E-state index in [1.807, 2.05) is 19.1 Å². The molecule has 0 radical (unpaired) electrons. The van der Waals surface area contributed by atoms with Crippen LogP contribution in [-0.4, -0.2) is 11.0 Å². The van der Waals surface area contributed by atoms with Crippen LogP contribution in [0.3, 0.4) is 0 Å². The van der Waals surface area contributed by atoms with Gasteiger partial charge >= 0.3 is 0 Å². The molecular weight excluding hydrogens is 264 g/mol. The van der Waals surface area contributed by atoms with Crippen LogP contribution in [0.15, 0.2) is 18.2 Å². The summed E-state index contributed by atoms with van der Waals surface area (Å²) in [5.74, 6) is 0.726. The average Bonchev–Trinajstić information content (AvgIpc) is 2.73. The molecule has 1 N–H and O–H groups in total. The van der Waals surface area contributed by atoms with Crippen molar-refractivity contribution in [2.24, 2.45) is 16.7 Å². The molecule has 21 heavy (non-hydrogen) atoms. The van der Waals surface area contributed by atoms with E-state index in [-0.39, 0.29) is 16.0 Å². The normalized spacial score (nSPS) is 33.1. The number of nitro groups is 1. The maximum Gasteiger partial charge on any atom is 0.292 e. The van der Waals surface area contributed by atoms with Gasteiger partial charge in [-0.2, -0.15) is 0 Å². The topological polar surface area (TPSA) is 55.2 Å². The molecule has 4 heteroatoms. The van der Waals surface area contributed by atoms with Crippen molar-refractivity contribution in [3.05, 3.63) is 33.9 Å². The van der Waals surface area contributed by atoms with Gasteiger partial charge in [-0.25, -0.2) is 0 Å². The van der Waals surface area contributed by atoms with E-state index >= 15 is 0 Å². The molecule has 2 saturated carbocycles. The van der Waals surface area contributed by atoms with Crippen molar-refractivity contribution in [3.8, 4) is 0 Å². The molecule has 0 heterocycles. The monoisotopic (exact) mass is 288 g/mol. The third-order valence-electron chi connectivity index (χ3n) is 6.47. The molecule has 3 atom stereocenters. The smallest absolute Gasteiger partial charge is 0.292 e. The third-order valence-corrected chi connectivity index (χ3v) is 6.47. The first-order chi connectivity index (χ1) is 9.75. The highest BCUT2D eigenvalue weighted by molar-refractivity contribution is 5.63. The summed E-state index contributed by atoms with van der Waals surface area (Å²) in [6.07, 6.45) is 3.62. The first kappa shape index (κ1) is 14.4. The van der Waals surface area contributed by atoms with Gasteiger partial charge in [0.05, 0.1) is 4.92 Å². The second-order valence-electron chi connectivity index (χ2n) is 7.59. The first-order valence-electron chi connectivity index (χ1n) is 7.77. The first-order valence-corrected chi connectivity index (χ1v) is 7.77. The molecule has 4 nitrogen and oxygen atoms in total. The summed E-state index contributed by atoms with van der Waals surface area (Å²) in [4.78, 5) is 11.0. The number of aryl methyl sites for hydroxylation is 1. The predicted octanol–water partition coefficient (Wildman–Crippen LogP) is 4.53. The Balaban J connectivity index is 1.91. The molecule has 1 aromatic rings. The fourth-order valence-corrected chi connectivity index (χ4v) is 4.52. The van der Waals surface area contributed by atoms with Gasteiger partial charge < -0.3 is 5.32 Å². The number of rotatable bonds is 3. The second kappa shape index (κ2) is 4.46. The molecule has 0 spiro atoms. The number of fused-ring (bicyclic) bond motifs is 2. The number of nitro benzene ring substituents is 1. The molecule has 2 fully saturated rings. The van der Waals surface area contributed by atoms with Crippen LogP contribution in [0.2, 0.25) is 0 Å². The zero-order chi connectivity index (χ0) is 15.4. The van der Waals surface area contributed by atoms with Gasteiger partial charge in [-0.3, -0.25) is 10.1 Å². The molecule has 2 bridgehead atoms. The summed E-state index contributed by atoms with van der Waals surface area (Å²) in [6.45, 7) is 8.95. The van der Waals surface area contributed by atoms with E-state index in [1.165, 1.54) is 12.8 Å². The molecular formula is C17H24N2O2. The van der Waals surface area contributed by atoms with Crippen LogP contribution in [0.25, 0.3) is 0 Å². The van der Waals surface area contributed by atoms with E-state index in [0.29, 0.717) is 17.1 Å². The molecule has 0 aliphatic heterocycles. The Hall–Kier alpha value is -1.58. The van der Waals surface area contributed by atoms with E-state index in [1.54, 1.807) is 6.07 Å². The maximum absolute atomic E-state index is 11.3. The maximum atomic E-state index is 11.3. The lowest BCUT2D eigenvalue weighted by Crippen LogP contribution is -2.40. The number of hydrogen-bond donors (Lipinski definition) is 1. The van der Waals surface area contributed by atoms with Crippen molar-refractivity contribution in [1.82, 2.24) is 0 Å². The Morgan fingerprint density at radius 3 is 2.57 bits per heavy atom. The SMILES string of the molecule is Cc1ccc(NC2CC3CCC2(C)C3(C)C)c([N+](=O)[O-])c1. The van der Waals surface area contributed by atoms with E-state index in [0.717, 1.165) is 17.9 Å². The lowest BCUT2D eigenvalue weighted by Gasteiger charge is -2.39. The lowest BCUT2D eigenvalue weighted by atomic mass is 9.69. The highest BCUT2D eigenvalue weighted by atomic mass is 16.6. The van der Waals surface area contributed by atoms with Gasteiger partial charge in [-0.05, 0) is 54.6 Å². The quantitative estimate of drug-likeness (QED) is 0.656. The molecule has 3 rings (SSSR count). The van der Waals surface area contributed by atoms with Crippen LogP contribution in [0.5, 0.6) is 0 Å². The summed E-state index contributed by atoms with van der Waals surface area (Å²) in [5, 5.41) is 14.8. The fourth-order valence-electron chi connectivity index (χ4n) is 4.52. The number of nitrogens with zero attached hydrogens (tertiary/aromatic N) is 1. The average molecular weight is 288 g/mol. The van der Waals surface area contributed by atoms with Crippen molar-refractivity contribution in [1.29, 1.82) is 0 Å². The molecule has 0 aromatic heterocycles. The minimum Gasteiger partial charge on any atom is -0.376 e. The van der Waals surface area contributed by atoms with Gasteiger partial charge in [0.15, 0.2) is 0 Å². The Morgan fingerprint density at radius 2 is 2.05 bits per heavy atom. The van der Waals surface area contributed by atoms with Crippen molar-refractivity contribution in [2.45, 2.75) is 53.0 Å². The van der Waals surface area contributed by atoms with Gasteiger partial charge in [-0.1, -0.05) is 26.8 Å². The summed E-state index contributed by atoms with van der Waals surface area (Å²) in [6, 6.07) is 5.78. The Kier molecular flexibility index (Phi) is 3.05. The lowest BCUT2D eigenvalue weighted by molar-refractivity contribution is -0.384. The Bertz CT molecular complexity index is 596. The van der Waals surface area contributed by atoms with Crippen molar-refractivity contribution < 1.29 is 4.92 Å².